The van der Waals surface area contributed by atoms with Crippen LogP contribution in [0.15, 0.2) is 91.0 Å². The van der Waals surface area contributed by atoms with E-state index in [2.05, 4.69) is 6.92 Å². The quantitative estimate of drug-likeness (QED) is 0.247. The van der Waals surface area contributed by atoms with Crippen molar-refractivity contribution in [2.45, 2.75) is 32.6 Å². The summed E-state index contributed by atoms with van der Waals surface area (Å²) in [7, 11) is -2.70. The van der Waals surface area contributed by atoms with E-state index in [1.165, 1.54) is 12.8 Å². The summed E-state index contributed by atoms with van der Waals surface area (Å²) in [5, 5.41) is 0. The molecule has 0 spiro atoms. The molecule has 0 aliphatic rings. The van der Waals surface area contributed by atoms with E-state index in [0.29, 0.717) is 0 Å². The predicted molar refractivity (Wildman–Crippen MR) is 117 cm³/mol. The first-order valence-corrected chi connectivity index (χ1v) is 11.6. The van der Waals surface area contributed by atoms with Gasteiger partial charge in [0.15, 0.2) is 23.4 Å². The van der Waals surface area contributed by atoms with Gasteiger partial charge in [-0.2, -0.15) is 0 Å². The predicted octanol–water partition coefficient (Wildman–Crippen LogP) is 7.57. The minimum absolute atomic E-state index is 0.728. The van der Waals surface area contributed by atoms with Crippen molar-refractivity contribution in [1.29, 1.82) is 0 Å². The molecule has 0 amide bonds. The van der Waals surface area contributed by atoms with Gasteiger partial charge >= 0.3 is 7.94 Å². The highest BCUT2D eigenvalue weighted by atomic mass is 31.2. The molecule has 0 saturated heterocycles. The van der Waals surface area contributed by atoms with Crippen LogP contribution in [0.5, 0.6) is 17.2 Å². The van der Waals surface area contributed by atoms with Crippen molar-refractivity contribution in [3.63, 3.8) is 0 Å². The lowest BCUT2D eigenvalue weighted by Crippen LogP contribution is -2.19. The number of unbranched alkanes of at least 4 members (excludes halogenated alkanes) is 3. The Morgan fingerprint density at radius 1 is 0.536 bits per heavy atom. The molecular formula is C24H28O3P+. The van der Waals surface area contributed by atoms with Crippen LogP contribution in [0.4, 0.5) is 0 Å². The maximum absolute atomic E-state index is 6.46. The second kappa shape index (κ2) is 10.7. The highest BCUT2D eigenvalue weighted by Crippen LogP contribution is 2.61. The van der Waals surface area contributed by atoms with Gasteiger partial charge in [0.25, 0.3) is 0 Å². The van der Waals surface area contributed by atoms with Crippen LogP contribution in [0.2, 0.25) is 0 Å². The van der Waals surface area contributed by atoms with Crippen molar-refractivity contribution in [2.75, 3.05) is 6.16 Å². The Morgan fingerprint density at radius 2 is 0.929 bits per heavy atom. The van der Waals surface area contributed by atoms with Crippen LogP contribution in [0.25, 0.3) is 0 Å². The van der Waals surface area contributed by atoms with E-state index in [9.17, 15) is 0 Å². The van der Waals surface area contributed by atoms with Gasteiger partial charge in [-0.05, 0) is 49.2 Å². The van der Waals surface area contributed by atoms with Gasteiger partial charge in [0, 0.05) is 0 Å². The molecule has 0 saturated carbocycles. The molecule has 3 rings (SSSR count). The molecule has 0 unspecified atom stereocenters. The third kappa shape index (κ3) is 6.28. The molecule has 3 aromatic rings. The molecule has 0 fully saturated rings. The first-order valence-electron chi connectivity index (χ1n) is 9.92. The van der Waals surface area contributed by atoms with E-state index in [1.807, 2.05) is 91.0 Å². The van der Waals surface area contributed by atoms with E-state index in [0.717, 1.165) is 36.3 Å². The summed E-state index contributed by atoms with van der Waals surface area (Å²) < 4.78 is 19.4. The Morgan fingerprint density at radius 3 is 1.29 bits per heavy atom. The fraction of sp³-hybridized carbons (Fsp3) is 0.250. The minimum Gasteiger partial charge on any atom is -0.272 e. The van der Waals surface area contributed by atoms with E-state index in [4.69, 9.17) is 13.6 Å². The summed E-state index contributed by atoms with van der Waals surface area (Å²) in [5.74, 6) is 2.29. The molecule has 3 aromatic carbocycles. The lowest BCUT2D eigenvalue weighted by molar-refractivity contribution is 0.352. The lowest BCUT2D eigenvalue weighted by atomic mass is 10.2. The summed E-state index contributed by atoms with van der Waals surface area (Å²) in [5.41, 5.74) is 0. The Balaban J connectivity index is 1.90. The highest BCUT2D eigenvalue weighted by molar-refractivity contribution is 7.62. The monoisotopic (exact) mass is 395 g/mol. The van der Waals surface area contributed by atoms with Crippen LogP contribution < -0.4 is 13.6 Å². The van der Waals surface area contributed by atoms with Crippen LogP contribution in [0.3, 0.4) is 0 Å². The topological polar surface area (TPSA) is 27.7 Å². The molecule has 4 heteroatoms. The molecule has 3 nitrogen and oxygen atoms in total. The number of hydrogen-bond donors (Lipinski definition) is 0. The third-order valence-electron chi connectivity index (χ3n) is 4.25. The zero-order valence-corrected chi connectivity index (χ0v) is 17.3. The number of para-hydroxylation sites is 3. The molecule has 0 N–H and O–H groups in total. The zero-order valence-electron chi connectivity index (χ0n) is 16.4. The normalized spacial score (nSPS) is 11.0. The van der Waals surface area contributed by atoms with Gasteiger partial charge in [-0.25, -0.2) is 0 Å². The number of rotatable bonds is 11. The number of benzene rings is 3. The van der Waals surface area contributed by atoms with Gasteiger partial charge in [-0.3, -0.25) is 13.6 Å². The van der Waals surface area contributed by atoms with Crippen molar-refractivity contribution in [3.05, 3.63) is 91.0 Å². The van der Waals surface area contributed by atoms with Crippen LogP contribution in [-0.4, -0.2) is 6.16 Å². The first-order chi connectivity index (χ1) is 13.8. The molecule has 0 atom stereocenters. The van der Waals surface area contributed by atoms with Crippen LogP contribution >= 0.6 is 7.94 Å². The average Bonchev–Trinajstić information content (AvgIpc) is 2.73. The van der Waals surface area contributed by atoms with Gasteiger partial charge in [-0.1, -0.05) is 74.4 Å². The minimum atomic E-state index is -2.70. The highest BCUT2D eigenvalue weighted by Gasteiger charge is 2.49. The van der Waals surface area contributed by atoms with E-state index in [1.54, 1.807) is 0 Å². The summed E-state index contributed by atoms with van der Waals surface area (Å²) in [4.78, 5) is 0. The third-order valence-corrected chi connectivity index (χ3v) is 6.58. The van der Waals surface area contributed by atoms with Gasteiger partial charge < -0.3 is 0 Å². The SMILES string of the molecule is CCCCCC[P+](Oc1ccccc1)(Oc1ccccc1)Oc1ccccc1. The maximum Gasteiger partial charge on any atom is 0.541 e. The summed E-state index contributed by atoms with van der Waals surface area (Å²) in [6, 6.07) is 29.4. The Labute approximate surface area is 168 Å². The van der Waals surface area contributed by atoms with Gasteiger partial charge in [0.2, 0.25) is 0 Å². The summed E-state index contributed by atoms with van der Waals surface area (Å²) in [6.07, 6.45) is 5.23. The van der Waals surface area contributed by atoms with Crippen molar-refractivity contribution < 1.29 is 13.6 Å². The molecule has 0 radical (unpaired) electrons. The smallest absolute Gasteiger partial charge is 0.272 e. The average molecular weight is 395 g/mol. The molecule has 0 aliphatic carbocycles. The second-order valence-electron chi connectivity index (χ2n) is 6.61. The van der Waals surface area contributed by atoms with E-state index < -0.39 is 7.94 Å². The molecule has 0 aliphatic heterocycles. The standard InChI is InChI=1S/C24H28O3P/c1-2-3-4-14-21-28(25-22-15-8-5-9-16-22,26-23-17-10-6-11-18-23)27-24-19-12-7-13-20-24/h5-13,15-20H,2-4,14,21H2,1H3/q+1. The van der Waals surface area contributed by atoms with Crippen molar-refractivity contribution in [1.82, 2.24) is 0 Å². The molecule has 28 heavy (non-hydrogen) atoms. The van der Waals surface area contributed by atoms with Gasteiger partial charge in [-0.15, -0.1) is 0 Å². The summed E-state index contributed by atoms with van der Waals surface area (Å²) >= 11 is 0. The molecule has 0 heterocycles. The molecular weight excluding hydrogens is 367 g/mol. The Hall–Kier alpha value is -2.51. The molecule has 0 aromatic heterocycles. The first kappa shape index (κ1) is 20.2. The van der Waals surface area contributed by atoms with E-state index in [-0.39, 0.29) is 0 Å². The Bertz CT molecular complexity index is 692. The molecule has 146 valence electrons. The van der Waals surface area contributed by atoms with Gasteiger partial charge in [0.1, 0.15) is 0 Å². The summed E-state index contributed by atoms with van der Waals surface area (Å²) in [6.45, 7) is 2.21. The van der Waals surface area contributed by atoms with Crippen molar-refractivity contribution in [2.24, 2.45) is 0 Å². The van der Waals surface area contributed by atoms with Crippen molar-refractivity contribution in [3.8, 4) is 17.2 Å². The van der Waals surface area contributed by atoms with Crippen LogP contribution in [0, 0.1) is 0 Å². The fourth-order valence-corrected chi connectivity index (χ4v) is 5.18. The fourth-order valence-electron chi connectivity index (χ4n) is 2.85. The van der Waals surface area contributed by atoms with Gasteiger partial charge in [0.05, 0.1) is 0 Å². The van der Waals surface area contributed by atoms with E-state index >= 15 is 0 Å². The van der Waals surface area contributed by atoms with Crippen LogP contribution in [0.1, 0.15) is 32.6 Å². The maximum atomic E-state index is 6.46. The molecule has 0 bridgehead atoms. The lowest BCUT2D eigenvalue weighted by Gasteiger charge is -2.23. The Kier molecular flexibility index (Phi) is 7.75. The number of hydrogen-bond acceptors (Lipinski definition) is 3. The zero-order chi connectivity index (χ0) is 19.5. The largest absolute Gasteiger partial charge is 0.541 e. The second-order valence-corrected chi connectivity index (χ2v) is 8.82. The van der Waals surface area contributed by atoms with Crippen molar-refractivity contribution >= 4 is 7.94 Å². The van der Waals surface area contributed by atoms with Crippen LogP contribution in [-0.2, 0) is 0 Å².